The van der Waals surface area contributed by atoms with Crippen LogP contribution in [-0.4, -0.2) is 25.9 Å². The number of aromatic nitrogens is 2. The largest absolute Gasteiger partial charge is 0.480 e. The number of aliphatic carboxylic acids is 1. The zero-order chi connectivity index (χ0) is 18.3. The van der Waals surface area contributed by atoms with Gasteiger partial charge >= 0.3 is 5.97 Å². The number of hydrogen-bond donors (Lipinski definition) is 1. The van der Waals surface area contributed by atoms with Gasteiger partial charge in [-0.2, -0.15) is 0 Å². The van der Waals surface area contributed by atoms with Crippen LogP contribution in [0.5, 0.6) is 0 Å². The van der Waals surface area contributed by atoms with Crippen LogP contribution in [0.2, 0.25) is 0 Å². The molecule has 0 radical (unpaired) electrons. The van der Waals surface area contributed by atoms with E-state index in [1.54, 1.807) is 22.8 Å². The number of fused-ring (bicyclic) bond motifs is 3. The van der Waals surface area contributed by atoms with Crippen molar-refractivity contribution in [2.75, 3.05) is 0 Å². The summed E-state index contributed by atoms with van der Waals surface area (Å²) in [5, 5.41) is 9.80. The third kappa shape index (κ3) is 3.05. The summed E-state index contributed by atoms with van der Waals surface area (Å²) >= 11 is 2.71. The third-order valence-corrected chi connectivity index (χ3v) is 6.87. The lowest BCUT2D eigenvalue weighted by atomic mass is 10.2. The molecule has 1 unspecified atom stereocenters. The van der Waals surface area contributed by atoms with Crippen molar-refractivity contribution in [1.29, 1.82) is 0 Å². The molecule has 7 heteroatoms. The van der Waals surface area contributed by atoms with Crippen LogP contribution in [0, 0.1) is 0 Å². The molecule has 2 aromatic heterocycles. The Balaban J connectivity index is 1.88. The molecule has 1 atom stereocenters. The fourth-order valence-corrected chi connectivity index (χ4v) is 5.41. The smallest absolute Gasteiger partial charge is 0.316 e. The van der Waals surface area contributed by atoms with Gasteiger partial charge in [-0.05, 0) is 37.3 Å². The molecule has 1 aromatic carbocycles. The van der Waals surface area contributed by atoms with Crippen molar-refractivity contribution in [3.05, 3.63) is 56.7 Å². The van der Waals surface area contributed by atoms with Gasteiger partial charge in [0.25, 0.3) is 5.56 Å². The summed E-state index contributed by atoms with van der Waals surface area (Å²) in [6, 6.07) is 9.72. The zero-order valence-electron chi connectivity index (χ0n) is 14.3. The minimum atomic E-state index is -0.913. The Kier molecular flexibility index (Phi) is 4.58. The summed E-state index contributed by atoms with van der Waals surface area (Å²) in [7, 11) is 0. The zero-order valence-corrected chi connectivity index (χ0v) is 15.9. The van der Waals surface area contributed by atoms with Crippen LogP contribution < -0.4 is 5.56 Å². The van der Waals surface area contributed by atoms with Gasteiger partial charge < -0.3 is 5.11 Å². The number of carbonyl (C=O) groups is 1. The van der Waals surface area contributed by atoms with Crippen molar-refractivity contribution in [2.45, 2.75) is 43.1 Å². The molecular formula is C19H18N2O3S2. The van der Waals surface area contributed by atoms with Gasteiger partial charge in [0.15, 0.2) is 5.16 Å². The Hall–Kier alpha value is -2.12. The van der Waals surface area contributed by atoms with Crippen LogP contribution in [0.25, 0.3) is 10.2 Å². The Morgan fingerprint density at radius 3 is 2.85 bits per heavy atom. The van der Waals surface area contributed by atoms with Crippen LogP contribution >= 0.6 is 23.1 Å². The lowest BCUT2D eigenvalue weighted by molar-refractivity contribution is -0.136. The SMILES string of the molecule is CC(Sc1nc2sc3c(c2c(=O)n1Cc1ccccc1)CCC3)C(=O)O. The van der Waals surface area contributed by atoms with Crippen LogP contribution in [0.1, 0.15) is 29.3 Å². The first-order valence-electron chi connectivity index (χ1n) is 8.53. The Morgan fingerprint density at radius 1 is 1.35 bits per heavy atom. The van der Waals surface area contributed by atoms with Crippen molar-refractivity contribution in [1.82, 2.24) is 9.55 Å². The standard InChI is InChI=1S/C19H18N2O3S2/c1-11(18(23)24)25-19-20-16-15(13-8-5-9-14(13)26-16)17(22)21(19)10-12-6-3-2-4-7-12/h2-4,6-7,11H,5,8-10H2,1H3,(H,23,24). The lowest BCUT2D eigenvalue weighted by Crippen LogP contribution is -2.25. The Morgan fingerprint density at radius 2 is 2.12 bits per heavy atom. The Labute approximate surface area is 158 Å². The van der Waals surface area contributed by atoms with E-state index in [4.69, 9.17) is 4.98 Å². The van der Waals surface area contributed by atoms with Crippen LogP contribution in [0.4, 0.5) is 0 Å². The number of rotatable bonds is 5. The normalized spacial score (nSPS) is 14.5. The highest BCUT2D eigenvalue weighted by atomic mass is 32.2. The number of aryl methyl sites for hydroxylation is 2. The molecule has 0 bridgehead atoms. The first-order chi connectivity index (χ1) is 12.5. The molecule has 0 saturated carbocycles. The van der Waals surface area contributed by atoms with Gasteiger partial charge in [-0.1, -0.05) is 42.1 Å². The summed E-state index contributed by atoms with van der Waals surface area (Å²) in [6.07, 6.45) is 3.01. The maximum absolute atomic E-state index is 13.3. The number of carboxylic acid groups (broad SMARTS) is 1. The van der Waals surface area contributed by atoms with E-state index >= 15 is 0 Å². The first kappa shape index (κ1) is 17.3. The highest BCUT2D eigenvalue weighted by Crippen LogP contribution is 2.36. The highest BCUT2D eigenvalue weighted by molar-refractivity contribution is 8.00. The molecule has 1 aliphatic carbocycles. The fourth-order valence-electron chi connectivity index (χ4n) is 3.26. The van der Waals surface area contributed by atoms with E-state index in [1.165, 1.54) is 4.88 Å². The number of benzene rings is 1. The van der Waals surface area contributed by atoms with Gasteiger partial charge in [-0.15, -0.1) is 11.3 Å². The molecule has 0 amide bonds. The van der Waals surface area contributed by atoms with E-state index in [2.05, 4.69) is 0 Å². The van der Waals surface area contributed by atoms with E-state index in [1.807, 2.05) is 30.3 Å². The Bertz CT molecular complexity index is 1040. The summed E-state index contributed by atoms with van der Waals surface area (Å²) in [5.74, 6) is -0.913. The minimum absolute atomic E-state index is 0.0571. The predicted molar refractivity (Wildman–Crippen MR) is 104 cm³/mol. The van der Waals surface area contributed by atoms with Gasteiger partial charge in [0.1, 0.15) is 10.1 Å². The maximum atomic E-state index is 13.3. The molecule has 0 fully saturated rings. The number of hydrogen-bond acceptors (Lipinski definition) is 5. The molecular weight excluding hydrogens is 368 g/mol. The minimum Gasteiger partial charge on any atom is -0.480 e. The molecule has 1 aliphatic rings. The molecule has 5 nitrogen and oxygen atoms in total. The van der Waals surface area contributed by atoms with Crippen molar-refractivity contribution < 1.29 is 9.90 Å². The molecule has 134 valence electrons. The average molecular weight is 386 g/mol. The van der Waals surface area contributed by atoms with E-state index in [9.17, 15) is 14.7 Å². The van der Waals surface area contributed by atoms with Gasteiger partial charge in [0.2, 0.25) is 0 Å². The van der Waals surface area contributed by atoms with Crippen molar-refractivity contribution in [3.63, 3.8) is 0 Å². The van der Waals surface area contributed by atoms with E-state index in [0.29, 0.717) is 11.7 Å². The number of thioether (sulfide) groups is 1. The second-order valence-corrected chi connectivity index (χ2v) is 8.80. The quantitative estimate of drug-likeness (QED) is 0.536. The summed E-state index contributed by atoms with van der Waals surface area (Å²) in [6.45, 7) is 2.01. The van der Waals surface area contributed by atoms with Crippen molar-refractivity contribution in [3.8, 4) is 0 Å². The number of nitrogens with zero attached hydrogens (tertiary/aromatic N) is 2. The molecule has 0 saturated heterocycles. The summed E-state index contributed by atoms with van der Waals surface area (Å²) < 4.78 is 1.63. The van der Waals surface area contributed by atoms with E-state index in [-0.39, 0.29) is 5.56 Å². The average Bonchev–Trinajstić information content (AvgIpc) is 3.19. The fraction of sp³-hybridized carbons (Fsp3) is 0.316. The van der Waals surface area contributed by atoms with E-state index < -0.39 is 11.2 Å². The second-order valence-electron chi connectivity index (χ2n) is 6.41. The van der Waals surface area contributed by atoms with Gasteiger partial charge in [-0.3, -0.25) is 14.2 Å². The molecule has 1 N–H and O–H groups in total. The molecule has 4 rings (SSSR count). The highest BCUT2D eigenvalue weighted by Gasteiger charge is 2.25. The van der Waals surface area contributed by atoms with E-state index in [0.717, 1.165) is 52.4 Å². The van der Waals surface area contributed by atoms with Gasteiger partial charge in [0.05, 0.1) is 11.9 Å². The molecule has 2 heterocycles. The molecule has 3 aromatic rings. The van der Waals surface area contributed by atoms with Crippen LogP contribution in [-0.2, 0) is 24.2 Å². The molecule has 0 spiro atoms. The number of thiophene rings is 1. The number of carboxylic acids is 1. The molecule has 26 heavy (non-hydrogen) atoms. The van der Waals surface area contributed by atoms with Crippen molar-refractivity contribution >= 4 is 39.3 Å². The topological polar surface area (TPSA) is 72.2 Å². The lowest BCUT2D eigenvalue weighted by Gasteiger charge is -2.14. The maximum Gasteiger partial charge on any atom is 0.316 e. The van der Waals surface area contributed by atoms with Crippen molar-refractivity contribution in [2.24, 2.45) is 0 Å². The van der Waals surface area contributed by atoms with Gasteiger partial charge in [0, 0.05) is 4.88 Å². The summed E-state index contributed by atoms with van der Waals surface area (Å²) in [4.78, 5) is 31.3. The van der Waals surface area contributed by atoms with Gasteiger partial charge in [-0.25, -0.2) is 4.98 Å². The first-order valence-corrected chi connectivity index (χ1v) is 10.2. The monoisotopic (exact) mass is 386 g/mol. The molecule has 0 aliphatic heterocycles. The van der Waals surface area contributed by atoms with Crippen LogP contribution in [0.15, 0.2) is 40.3 Å². The predicted octanol–water partition coefficient (Wildman–Crippen LogP) is 3.56. The second kappa shape index (κ2) is 6.89. The van der Waals surface area contributed by atoms with Crippen LogP contribution in [0.3, 0.4) is 0 Å². The third-order valence-electron chi connectivity index (χ3n) is 4.60. The summed E-state index contributed by atoms with van der Waals surface area (Å²) in [5.41, 5.74) is 2.08.